The van der Waals surface area contributed by atoms with Crippen LogP contribution in [0.3, 0.4) is 0 Å². The molecule has 0 amide bonds. The molecule has 0 aliphatic rings. The summed E-state index contributed by atoms with van der Waals surface area (Å²) in [7, 11) is 1.36. The monoisotopic (exact) mass is 442 g/mol. The molecule has 0 N–H and O–H groups in total. The zero-order valence-corrected chi connectivity index (χ0v) is 19.2. The van der Waals surface area contributed by atoms with Crippen LogP contribution in [0.2, 0.25) is 0 Å². The van der Waals surface area contributed by atoms with Gasteiger partial charge in [0.25, 0.3) is 0 Å². The van der Waals surface area contributed by atoms with E-state index in [1.807, 2.05) is 73.9 Å². The summed E-state index contributed by atoms with van der Waals surface area (Å²) >= 11 is 0. The van der Waals surface area contributed by atoms with Crippen molar-refractivity contribution in [1.29, 1.82) is 0 Å². The van der Waals surface area contributed by atoms with E-state index in [2.05, 4.69) is 4.98 Å². The van der Waals surface area contributed by atoms with Crippen molar-refractivity contribution in [1.82, 2.24) is 9.55 Å². The molecule has 0 aliphatic carbocycles. The summed E-state index contributed by atoms with van der Waals surface area (Å²) in [4.78, 5) is 28.9. The Morgan fingerprint density at radius 1 is 0.939 bits per heavy atom. The number of ether oxygens (including phenoxy) is 2. The van der Waals surface area contributed by atoms with Crippen molar-refractivity contribution in [3.63, 3.8) is 0 Å². The van der Waals surface area contributed by atoms with Gasteiger partial charge in [-0.3, -0.25) is 0 Å². The normalized spacial score (nSPS) is 11.4. The minimum atomic E-state index is -0.556. The summed E-state index contributed by atoms with van der Waals surface area (Å²) in [5, 5.41) is 0. The molecule has 0 saturated carbocycles. The second-order valence-corrected chi connectivity index (χ2v) is 8.81. The number of hydrogen-bond acceptors (Lipinski definition) is 5. The molecule has 6 heteroatoms. The lowest BCUT2D eigenvalue weighted by atomic mass is 9.98. The Hall–Kier alpha value is -3.93. The fraction of sp³-hybridized carbons (Fsp3) is 0.222. The smallest absolute Gasteiger partial charge is 0.339 e. The van der Waals surface area contributed by atoms with Gasteiger partial charge in [-0.25, -0.2) is 14.6 Å². The Kier molecular flexibility index (Phi) is 6.01. The number of carbonyl (C=O) groups excluding carboxylic acids is 2. The van der Waals surface area contributed by atoms with Crippen molar-refractivity contribution >= 4 is 23.0 Å². The number of methoxy groups -OCH3 is 1. The van der Waals surface area contributed by atoms with Gasteiger partial charge < -0.3 is 14.0 Å². The van der Waals surface area contributed by atoms with E-state index in [9.17, 15) is 9.59 Å². The van der Waals surface area contributed by atoms with Crippen LogP contribution in [0.15, 0.2) is 73.1 Å². The molecule has 3 aromatic carbocycles. The van der Waals surface area contributed by atoms with Gasteiger partial charge in [0.2, 0.25) is 0 Å². The maximum Gasteiger partial charge on any atom is 0.339 e. The molecule has 0 unspecified atom stereocenters. The first kappa shape index (κ1) is 22.3. The van der Waals surface area contributed by atoms with Crippen molar-refractivity contribution in [3.8, 4) is 11.1 Å². The van der Waals surface area contributed by atoms with E-state index < -0.39 is 5.60 Å². The Labute approximate surface area is 192 Å². The first-order valence-corrected chi connectivity index (χ1v) is 10.7. The number of carbonyl (C=O) groups is 2. The largest absolute Gasteiger partial charge is 0.465 e. The van der Waals surface area contributed by atoms with E-state index in [1.165, 1.54) is 7.11 Å². The lowest BCUT2D eigenvalue weighted by Gasteiger charge is -2.20. The number of nitrogens with zero attached hydrogens (tertiary/aromatic N) is 2. The number of esters is 2. The number of hydrogen-bond donors (Lipinski definition) is 0. The Balaban J connectivity index is 1.57. The zero-order valence-electron chi connectivity index (χ0n) is 19.2. The molecule has 0 radical (unpaired) electrons. The van der Waals surface area contributed by atoms with Crippen LogP contribution in [0.25, 0.3) is 22.2 Å². The quantitative estimate of drug-likeness (QED) is 0.382. The predicted octanol–water partition coefficient (Wildman–Crippen LogP) is 5.49. The third kappa shape index (κ3) is 4.95. The second kappa shape index (κ2) is 8.90. The molecule has 1 heterocycles. The number of aromatic nitrogens is 2. The number of rotatable bonds is 5. The molecule has 0 saturated heterocycles. The molecule has 0 bridgehead atoms. The molecular formula is C27H26N2O4. The highest BCUT2D eigenvalue weighted by atomic mass is 16.6. The molecule has 1 aromatic heterocycles. The highest BCUT2D eigenvalue weighted by Gasteiger charge is 2.20. The SMILES string of the molecule is COC(=O)c1ccc2c(c1)ncn2Cc1ccc(-c2ccccc2C(=O)OC(C)(C)C)cc1. The third-order valence-corrected chi connectivity index (χ3v) is 5.21. The van der Waals surface area contributed by atoms with E-state index in [0.717, 1.165) is 27.7 Å². The highest BCUT2D eigenvalue weighted by Crippen LogP contribution is 2.26. The van der Waals surface area contributed by atoms with Gasteiger partial charge in [-0.15, -0.1) is 0 Å². The summed E-state index contributed by atoms with van der Waals surface area (Å²) in [6.07, 6.45) is 1.76. The molecule has 0 aliphatic heterocycles. The van der Waals surface area contributed by atoms with Gasteiger partial charge in [0.1, 0.15) is 5.60 Å². The van der Waals surface area contributed by atoms with Crippen LogP contribution in [0, 0.1) is 0 Å². The van der Waals surface area contributed by atoms with Crippen LogP contribution in [-0.2, 0) is 16.0 Å². The van der Waals surface area contributed by atoms with Crippen LogP contribution >= 0.6 is 0 Å². The summed E-state index contributed by atoms with van der Waals surface area (Å²) in [5.41, 5.74) is 5.00. The van der Waals surface area contributed by atoms with Crippen LogP contribution in [0.5, 0.6) is 0 Å². The summed E-state index contributed by atoms with van der Waals surface area (Å²) in [6, 6.07) is 20.9. The second-order valence-electron chi connectivity index (χ2n) is 8.81. The fourth-order valence-corrected chi connectivity index (χ4v) is 3.67. The minimum Gasteiger partial charge on any atom is -0.465 e. The molecule has 6 nitrogen and oxygen atoms in total. The molecule has 0 spiro atoms. The number of imidazole rings is 1. The third-order valence-electron chi connectivity index (χ3n) is 5.21. The summed E-state index contributed by atoms with van der Waals surface area (Å²) in [6.45, 7) is 6.21. The molecule has 0 atom stereocenters. The minimum absolute atomic E-state index is 0.335. The van der Waals surface area contributed by atoms with E-state index in [0.29, 0.717) is 17.7 Å². The van der Waals surface area contributed by atoms with Gasteiger partial charge >= 0.3 is 11.9 Å². The summed E-state index contributed by atoms with van der Waals surface area (Å²) in [5.74, 6) is -0.716. The van der Waals surface area contributed by atoms with Crippen LogP contribution in [0.1, 0.15) is 47.1 Å². The average Bonchev–Trinajstić information content (AvgIpc) is 3.20. The molecule has 4 rings (SSSR count). The standard InChI is InChI=1S/C27H26N2O4/c1-27(2,3)33-26(31)22-8-6-5-7-21(22)19-11-9-18(10-12-19)16-29-17-28-23-15-20(25(30)32-4)13-14-24(23)29/h5-15,17H,16H2,1-4H3. The Morgan fingerprint density at radius 2 is 1.67 bits per heavy atom. The summed E-state index contributed by atoms with van der Waals surface area (Å²) < 4.78 is 12.4. The maximum atomic E-state index is 12.7. The van der Waals surface area contributed by atoms with Crippen LogP contribution < -0.4 is 0 Å². The predicted molar refractivity (Wildman–Crippen MR) is 127 cm³/mol. The lowest BCUT2D eigenvalue weighted by Crippen LogP contribution is -2.24. The zero-order chi connectivity index (χ0) is 23.6. The van der Waals surface area contributed by atoms with Crippen molar-refractivity contribution < 1.29 is 19.1 Å². The molecule has 4 aromatic rings. The highest BCUT2D eigenvalue weighted by molar-refractivity contribution is 5.97. The van der Waals surface area contributed by atoms with E-state index in [4.69, 9.17) is 9.47 Å². The topological polar surface area (TPSA) is 70.4 Å². The van der Waals surface area contributed by atoms with Gasteiger partial charge in [-0.1, -0.05) is 42.5 Å². The van der Waals surface area contributed by atoms with Gasteiger partial charge in [-0.05, 0) is 61.7 Å². The van der Waals surface area contributed by atoms with Gasteiger partial charge in [0.05, 0.1) is 35.6 Å². The van der Waals surface area contributed by atoms with Gasteiger partial charge in [0.15, 0.2) is 0 Å². The number of fused-ring (bicyclic) bond motifs is 1. The fourth-order valence-electron chi connectivity index (χ4n) is 3.67. The molecular weight excluding hydrogens is 416 g/mol. The molecule has 168 valence electrons. The van der Waals surface area contributed by atoms with Gasteiger partial charge in [-0.2, -0.15) is 0 Å². The Bertz CT molecular complexity index is 1310. The first-order chi connectivity index (χ1) is 15.7. The van der Waals surface area contributed by atoms with Crippen molar-refractivity contribution in [2.45, 2.75) is 32.9 Å². The van der Waals surface area contributed by atoms with E-state index in [1.54, 1.807) is 24.5 Å². The lowest BCUT2D eigenvalue weighted by molar-refractivity contribution is 0.00702. The van der Waals surface area contributed by atoms with E-state index in [-0.39, 0.29) is 11.9 Å². The van der Waals surface area contributed by atoms with Crippen LogP contribution in [-0.4, -0.2) is 34.2 Å². The maximum absolute atomic E-state index is 12.7. The van der Waals surface area contributed by atoms with E-state index >= 15 is 0 Å². The Morgan fingerprint density at radius 3 is 2.36 bits per heavy atom. The molecule has 33 heavy (non-hydrogen) atoms. The molecule has 0 fully saturated rings. The average molecular weight is 443 g/mol. The van der Waals surface area contributed by atoms with Crippen molar-refractivity contribution in [2.24, 2.45) is 0 Å². The van der Waals surface area contributed by atoms with Crippen LogP contribution in [0.4, 0.5) is 0 Å². The van der Waals surface area contributed by atoms with Crippen molar-refractivity contribution in [3.05, 3.63) is 89.7 Å². The van der Waals surface area contributed by atoms with Crippen molar-refractivity contribution in [2.75, 3.05) is 7.11 Å². The van der Waals surface area contributed by atoms with Gasteiger partial charge in [0, 0.05) is 6.54 Å². The first-order valence-electron chi connectivity index (χ1n) is 10.7. The number of benzene rings is 3.